The van der Waals surface area contributed by atoms with E-state index in [2.05, 4.69) is 11.8 Å². The van der Waals surface area contributed by atoms with Crippen LogP contribution in [0.2, 0.25) is 0 Å². The van der Waals surface area contributed by atoms with Gasteiger partial charge in [0.25, 0.3) is 0 Å². The molecule has 3 heteroatoms. The highest BCUT2D eigenvalue weighted by atomic mass is 16.5. The fourth-order valence-electron chi connectivity index (χ4n) is 2.52. The highest BCUT2D eigenvalue weighted by molar-refractivity contribution is 5.02. The molecule has 2 N–H and O–H groups in total. The molecule has 1 atom stereocenters. The zero-order valence-corrected chi connectivity index (χ0v) is 6.88. The van der Waals surface area contributed by atoms with Crippen molar-refractivity contribution in [3.8, 4) is 0 Å². The number of nitrogens with zero attached hydrogens (tertiary/aromatic N) is 1. The standard InChI is InChI=1S/C8H15NO2/c1-7-3-2-4-9(7)6-8(10,11)5-7/h10-11H,2-6H2,1H3. The predicted octanol–water partition coefficient (Wildman–Crippen LogP) is -0.0745. The van der Waals surface area contributed by atoms with E-state index in [-0.39, 0.29) is 5.54 Å². The molecule has 0 aromatic carbocycles. The van der Waals surface area contributed by atoms with E-state index in [1.165, 1.54) is 6.42 Å². The lowest BCUT2D eigenvalue weighted by atomic mass is 9.95. The maximum Gasteiger partial charge on any atom is 0.177 e. The van der Waals surface area contributed by atoms with E-state index < -0.39 is 5.79 Å². The van der Waals surface area contributed by atoms with Crippen LogP contribution in [0.5, 0.6) is 0 Å². The summed E-state index contributed by atoms with van der Waals surface area (Å²) in [6.07, 6.45) is 2.82. The zero-order chi connectivity index (χ0) is 8.11. The molecule has 2 heterocycles. The van der Waals surface area contributed by atoms with Crippen LogP contribution in [-0.4, -0.2) is 39.5 Å². The Morgan fingerprint density at radius 1 is 1.36 bits per heavy atom. The van der Waals surface area contributed by atoms with E-state index in [4.69, 9.17) is 0 Å². The van der Waals surface area contributed by atoms with Gasteiger partial charge in [0.1, 0.15) is 0 Å². The summed E-state index contributed by atoms with van der Waals surface area (Å²) in [5.41, 5.74) is 0.0729. The summed E-state index contributed by atoms with van der Waals surface area (Å²) >= 11 is 0. The zero-order valence-electron chi connectivity index (χ0n) is 6.88. The Balaban J connectivity index is 2.19. The maximum absolute atomic E-state index is 9.38. The molecule has 3 nitrogen and oxygen atoms in total. The number of rotatable bonds is 0. The Kier molecular flexibility index (Phi) is 1.35. The van der Waals surface area contributed by atoms with Crippen LogP contribution in [-0.2, 0) is 0 Å². The summed E-state index contributed by atoms with van der Waals surface area (Å²) in [6.45, 7) is 3.58. The Hall–Kier alpha value is -0.120. The van der Waals surface area contributed by atoms with E-state index in [0.717, 1.165) is 13.0 Å². The molecule has 0 spiro atoms. The van der Waals surface area contributed by atoms with Crippen molar-refractivity contribution >= 4 is 0 Å². The first kappa shape index (κ1) is 7.53. The minimum atomic E-state index is -1.42. The molecule has 1 unspecified atom stereocenters. The van der Waals surface area contributed by atoms with Crippen LogP contribution in [0.25, 0.3) is 0 Å². The van der Waals surface area contributed by atoms with Crippen molar-refractivity contribution < 1.29 is 10.2 Å². The Morgan fingerprint density at radius 2 is 2.09 bits per heavy atom. The second-order valence-electron chi connectivity index (χ2n) is 4.18. The largest absolute Gasteiger partial charge is 0.364 e. The monoisotopic (exact) mass is 157 g/mol. The van der Waals surface area contributed by atoms with Crippen molar-refractivity contribution in [3.63, 3.8) is 0 Å². The van der Waals surface area contributed by atoms with E-state index in [1.807, 2.05) is 0 Å². The van der Waals surface area contributed by atoms with E-state index in [1.54, 1.807) is 0 Å². The quantitative estimate of drug-likeness (QED) is 0.484. The first-order chi connectivity index (χ1) is 5.02. The van der Waals surface area contributed by atoms with Crippen molar-refractivity contribution in [2.75, 3.05) is 13.1 Å². The first-order valence-corrected chi connectivity index (χ1v) is 4.22. The molecule has 2 saturated heterocycles. The van der Waals surface area contributed by atoms with Gasteiger partial charge in [0.15, 0.2) is 5.79 Å². The summed E-state index contributed by atoms with van der Waals surface area (Å²) in [4.78, 5) is 2.19. The van der Waals surface area contributed by atoms with E-state index >= 15 is 0 Å². The fraction of sp³-hybridized carbons (Fsp3) is 1.00. The average molecular weight is 157 g/mol. The van der Waals surface area contributed by atoms with E-state index in [9.17, 15) is 10.2 Å². The van der Waals surface area contributed by atoms with Crippen molar-refractivity contribution in [3.05, 3.63) is 0 Å². The van der Waals surface area contributed by atoms with Gasteiger partial charge in [-0.15, -0.1) is 0 Å². The second kappa shape index (κ2) is 1.97. The van der Waals surface area contributed by atoms with E-state index in [0.29, 0.717) is 13.0 Å². The maximum atomic E-state index is 9.38. The molecule has 2 rings (SSSR count). The molecule has 2 aliphatic rings. The van der Waals surface area contributed by atoms with Gasteiger partial charge >= 0.3 is 0 Å². The molecule has 2 fully saturated rings. The highest BCUT2D eigenvalue weighted by Crippen LogP contribution is 2.41. The third-order valence-electron chi connectivity index (χ3n) is 3.01. The van der Waals surface area contributed by atoms with Crippen molar-refractivity contribution in [2.45, 2.75) is 37.5 Å². The fourth-order valence-corrected chi connectivity index (χ4v) is 2.52. The molecule has 0 radical (unpaired) electrons. The Bertz CT molecular complexity index is 181. The van der Waals surface area contributed by atoms with Gasteiger partial charge in [-0.1, -0.05) is 0 Å². The smallest absolute Gasteiger partial charge is 0.177 e. The topological polar surface area (TPSA) is 43.7 Å². The Labute approximate surface area is 66.6 Å². The third kappa shape index (κ3) is 1.08. The summed E-state index contributed by atoms with van der Waals surface area (Å²) in [5, 5.41) is 18.8. The summed E-state index contributed by atoms with van der Waals surface area (Å²) in [7, 11) is 0. The molecule has 11 heavy (non-hydrogen) atoms. The van der Waals surface area contributed by atoms with Crippen LogP contribution in [0.4, 0.5) is 0 Å². The lowest BCUT2D eigenvalue weighted by molar-refractivity contribution is -0.150. The van der Waals surface area contributed by atoms with Gasteiger partial charge in [0.2, 0.25) is 0 Å². The molecular weight excluding hydrogens is 142 g/mol. The summed E-state index contributed by atoms with van der Waals surface area (Å²) in [6, 6.07) is 0. The van der Waals surface area contributed by atoms with Crippen molar-refractivity contribution in [1.29, 1.82) is 0 Å². The van der Waals surface area contributed by atoms with Gasteiger partial charge in [-0.05, 0) is 26.3 Å². The molecule has 0 aliphatic carbocycles. The van der Waals surface area contributed by atoms with Crippen LogP contribution in [0, 0.1) is 0 Å². The Morgan fingerprint density at radius 3 is 2.73 bits per heavy atom. The number of hydrogen-bond acceptors (Lipinski definition) is 3. The number of aliphatic hydroxyl groups is 2. The van der Waals surface area contributed by atoms with Gasteiger partial charge in [-0.3, -0.25) is 4.90 Å². The summed E-state index contributed by atoms with van der Waals surface area (Å²) in [5.74, 6) is -1.42. The lowest BCUT2D eigenvalue weighted by Gasteiger charge is -2.25. The molecular formula is C8H15NO2. The average Bonchev–Trinajstić information content (AvgIpc) is 2.16. The number of hydrogen-bond donors (Lipinski definition) is 2. The summed E-state index contributed by atoms with van der Waals surface area (Å²) < 4.78 is 0. The molecule has 0 aromatic heterocycles. The number of fused-ring (bicyclic) bond motifs is 1. The minimum Gasteiger partial charge on any atom is -0.364 e. The highest BCUT2D eigenvalue weighted by Gasteiger charge is 2.50. The van der Waals surface area contributed by atoms with Crippen LogP contribution in [0.3, 0.4) is 0 Å². The minimum absolute atomic E-state index is 0.0729. The molecule has 2 aliphatic heterocycles. The van der Waals surface area contributed by atoms with Gasteiger partial charge < -0.3 is 10.2 Å². The SMILES string of the molecule is CC12CCCN1CC(O)(O)C2. The van der Waals surface area contributed by atoms with Crippen LogP contribution < -0.4 is 0 Å². The van der Waals surface area contributed by atoms with Crippen molar-refractivity contribution in [2.24, 2.45) is 0 Å². The van der Waals surface area contributed by atoms with Gasteiger partial charge in [-0.25, -0.2) is 0 Å². The van der Waals surface area contributed by atoms with Gasteiger partial charge in [0, 0.05) is 12.0 Å². The van der Waals surface area contributed by atoms with Gasteiger partial charge in [0.05, 0.1) is 6.54 Å². The predicted molar refractivity (Wildman–Crippen MR) is 41.0 cm³/mol. The third-order valence-corrected chi connectivity index (χ3v) is 3.01. The lowest BCUT2D eigenvalue weighted by Crippen LogP contribution is -2.34. The molecule has 0 amide bonds. The van der Waals surface area contributed by atoms with Crippen LogP contribution >= 0.6 is 0 Å². The molecule has 0 aromatic rings. The molecule has 64 valence electrons. The van der Waals surface area contributed by atoms with Crippen LogP contribution in [0.15, 0.2) is 0 Å². The first-order valence-electron chi connectivity index (χ1n) is 4.22. The molecule has 0 bridgehead atoms. The number of β-amino-alcohol motifs (C(OH)–C–C–N with tert-alkyl or cyclic N) is 2. The molecule has 0 saturated carbocycles. The van der Waals surface area contributed by atoms with Crippen molar-refractivity contribution in [1.82, 2.24) is 4.90 Å². The normalized spacial score (nSPS) is 42.8. The second-order valence-corrected chi connectivity index (χ2v) is 4.18. The van der Waals surface area contributed by atoms with Crippen LogP contribution in [0.1, 0.15) is 26.2 Å². The van der Waals surface area contributed by atoms with Gasteiger partial charge in [-0.2, -0.15) is 0 Å².